The molecule has 88 valence electrons. The molecule has 3 N–H and O–H groups in total. The quantitative estimate of drug-likeness (QED) is 0.621. The number of aliphatic carboxylic acids is 1. The number of carbonyl (C=O) groups excluding carboxylic acids is 1. The molecule has 0 fully saturated rings. The van der Waals surface area contributed by atoms with E-state index in [-0.39, 0.29) is 17.4 Å². The summed E-state index contributed by atoms with van der Waals surface area (Å²) in [4.78, 5) is 28.2. The molecule has 16 heavy (non-hydrogen) atoms. The lowest BCUT2D eigenvalue weighted by Crippen LogP contribution is -2.27. The molecular formula is C9H13N3O3S. The first-order valence-electron chi connectivity index (χ1n) is 4.72. The number of amides is 1. The van der Waals surface area contributed by atoms with Gasteiger partial charge in [0.1, 0.15) is 0 Å². The van der Waals surface area contributed by atoms with Gasteiger partial charge in [0, 0.05) is 24.9 Å². The summed E-state index contributed by atoms with van der Waals surface area (Å²) < 4.78 is 0. The average molecular weight is 243 g/mol. The second kappa shape index (κ2) is 6.89. The lowest BCUT2D eigenvalue weighted by molar-refractivity contribution is -0.133. The van der Waals surface area contributed by atoms with E-state index in [9.17, 15) is 9.59 Å². The molecule has 7 heteroatoms. The number of rotatable bonds is 7. The highest BCUT2D eigenvalue weighted by molar-refractivity contribution is 8.00. The van der Waals surface area contributed by atoms with Crippen LogP contribution in [0, 0.1) is 0 Å². The number of thioether (sulfide) groups is 1. The third-order valence-electron chi connectivity index (χ3n) is 1.73. The summed E-state index contributed by atoms with van der Waals surface area (Å²) in [6, 6.07) is 0. The lowest BCUT2D eigenvalue weighted by atomic mass is 10.3. The number of hydrogen-bond donors (Lipinski definition) is 3. The van der Waals surface area contributed by atoms with E-state index in [1.54, 1.807) is 12.5 Å². The number of hydrogen-bond acceptors (Lipinski definition) is 4. The van der Waals surface area contributed by atoms with Crippen LogP contribution in [0.25, 0.3) is 0 Å². The molecule has 0 bridgehead atoms. The Morgan fingerprint density at radius 3 is 2.94 bits per heavy atom. The van der Waals surface area contributed by atoms with Gasteiger partial charge < -0.3 is 15.4 Å². The summed E-state index contributed by atoms with van der Waals surface area (Å²) in [6.07, 6.45) is 3.97. The second-order valence-electron chi connectivity index (χ2n) is 3.06. The van der Waals surface area contributed by atoms with E-state index in [2.05, 4.69) is 15.3 Å². The third kappa shape index (κ3) is 5.40. The Hall–Kier alpha value is -1.50. The molecule has 1 rings (SSSR count). The van der Waals surface area contributed by atoms with Crippen LogP contribution in [0.1, 0.15) is 5.69 Å². The molecule has 0 aliphatic carbocycles. The summed E-state index contributed by atoms with van der Waals surface area (Å²) in [6.45, 7) is 0.522. The molecule has 0 radical (unpaired) electrons. The largest absolute Gasteiger partial charge is 0.481 e. The highest BCUT2D eigenvalue weighted by Gasteiger charge is 2.03. The van der Waals surface area contributed by atoms with Gasteiger partial charge >= 0.3 is 5.97 Å². The molecule has 0 saturated carbocycles. The Morgan fingerprint density at radius 2 is 2.31 bits per heavy atom. The Labute approximate surface area is 96.8 Å². The Kier molecular flexibility index (Phi) is 5.41. The molecule has 0 saturated heterocycles. The zero-order valence-electron chi connectivity index (χ0n) is 8.60. The van der Waals surface area contributed by atoms with Crippen LogP contribution in [0.3, 0.4) is 0 Å². The highest BCUT2D eigenvalue weighted by Crippen LogP contribution is 1.98. The average Bonchev–Trinajstić information content (AvgIpc) is 2.70. The van der Waals surface area contributed by atoms with E-state index in [1.807, 2.05) is 0 Å². The minimum absolute atomic E-state index is 0.0477. The van der Waals surface area contributed by atoms with E-state index in [4.69, 9.17) is 5.11 Å². The zero-order valence-corrected chi connectivity index (χ0v) is 9.42. The number of carbonyl (C=O) groups is 2. The molecule has 0 spiro atoms. The fourth-order valence-corrected chi connectivity index (χ4v) is 1.60. The predicted molar refractivity (Wildman–Crippen MR) is 60.3 cm³/mol. The zero-order chi connectivity index (χ0) is 11.8. The summed E-state index contributed by atoms with van der Waals surface area (Å²) in [5.74, 6) is -0.926. The van der Waals surface area contributed by atoms with Gasteiger partial charge in [-0.05, 0) is 0 Å². The lowest BCUT2D eigenvalue weighted by Gasteiger charge is -2.02. The van der Waals surface area contributed by atoms with Gasteiger partial charge in [-0.2, -0.15) is 0 Å². The first-order chi connectivity index (χ1) is 7.68. The van der Waals surface area contributed by atoms with Crippen LogP contribution < -0.4 is 5.32 Å². The molecule has 1 aromatic rings. The molecule has 6 nitrogen and oxygen atoms in total. The van der Waals surface area contributed by atoms with Gasteiger partial charge in [0.05, 0.1) is 17.8 Å². The number of nitrogens with one attached hydrogen (secondary N) is 2. The molecule has 0 atom stereocenters. The molecule has 1 aromatic heterocycles. The first kappa shape index (κ1) is 12.6. The summed E-state index contributed by atoms with van der Waals surface area (Å²) in [5.41, 5.74) is 0.957. The fourth-order valence-electron chi connectivity index (χ4n) is 1.04. The van der Waals surface area contributed by atoms with Crippen LogP contribution >= 0.6 is 11.8 Å². The van der Waals surface area contributed by atoms with Crippen LogP contribution in [0.4, 0.5) is 0 Å². The Bertz CT molecular complexity index is 340. The smallest absolute Gasteiger partial charge is 0.313 e. The molecular weight excluding hydrogens is 230 g/mol. The van der Waals surface area contributed by atoms with Gasteiger partial charge in [-0.15, -0.1) is 11.8 Å². The van der Waals surface area contributed by atoms with Crippen LogP contribution in [0.2, 0.25) is 0 Å². The molecule has 1 heterocycles. The van der Waals surface area contributed by atoms with Crippen molar-refractivity contribution < 1.29 is 14.7 Å². The van der Waals surface area contributed by atoms with Gasteiger partial charge in [0.25, 0.3) is 0 Å². The van der Waals surface area contributed by atoms with Crippen molar-refractivity contribution in [1.29, 1.82) is 0 Å². The van der Waals surface area contributed by atoms with E-state index in [1.165, 1.54) is 0 Å². The number of nitrogens with zero attached hydrogens (tertiary/aromatic N) is 1. The maximum absolute atomic E-state index is 11.2. The van der Waals surface area contributed by atoms with Crippen LogP contribution in [0.5, 0.6) is 0 Å². The van der Waals surface area contributed by atoms with Crippen molar-refractivity contribution in [3.8, 4) is 0 Å². The molecule has 0 aliphatic heterocycles. The summed E-state index contributed by atoms with van der Waals surface area (Å²) >= 11 is 1.09. The highest BCUT2D eigenvalue weighted by atomic mass is 32.2. The number of aromatic nitrogens is 2. The minimum atomic E-state index is -0.907. The number of aromatic amines is 1. The van der Waals surface area contributed by atoms with E-state index >= 15 is 0 Å². The molecule has 0 aromatic carbocycles. The van der Waals surface area contributed by atoms with Crippen molar-refractivity contribution in [1.82, 2.24) is 15.3 Å². The van der Waals surface area contributed by atoms with Gasteiger partial charge in [0.2, 0.25) is 5.91 Å². The summed E-state index contributed by atoms with van der Waals surface area (Å²) in [7, 11) is 0. The number of carboxylic acid groups (broad SMARTS) is 1. The van der Waals surface area contributed by atoms with Crippen LogP contribution in [-0.4, -0.2) is 45.0 Å². The normalized spacial score (nSPS) is 10.0. The van der Waals surface area contributed by atoms with Gasteiger partial charge in [-0.1, -0.05) is 0 Å². The first-order valence-corrected chi connectivity index (χ1v) is 5.87. The number of imidazole rings is 1. The van der Waals surface area contributed by atoms with Crippen molar-refractivity contribution in [2.45, 2.75) is 6.42 Å². The van der Waals surface area contributed by atoms with Crippen molar-refractivity contribution in [2.24, 2.45) is 0 Å². The fraction of sp³-hybridized carbons (Fsp3) is 0.444. The number of carboxylic acids is 1. The Morgan fingerprint density at radius 1 is 1.50 bits per heavy atom. The van der Waals surface area contributed by atoms with Crippen molar-refractivity contribution >= 4 is 23.6 Å². The van der Waals surface area contributed by atoms with Crippen LogP contribution in [0.15, 0.2) is 12.5 Å². The van der Waals surface area contributed by atoms with Gasteiger partial charge in [-0.25, -0.2) is 4.98 Å². The number of H-pyrrole nitrogens is 1. The standard InChI is InChI=1S/C9H13N3O3S/c13-8(4-16-5-9(14)15)11-2-1-7-3-10-6-12-7/h3,6H,1-2,4-5H2,(H,10,12)(H,11,13)(H,14,15). The summed E-state index contributed by atoms with van der Waals surface area (Å²) in [5, 5.41) is 11.1. The molecule has 1 amide bonds. The maximum atomic E-state index is 11.2. The second-order valence-corrected chi connectivity index (χ2v) is 4.05. The van der Waals surface area contributed by atoms with Gasteiger partial charge in [-0.3, -0.25) is 9.59 Å². The monoisotopic (exact) mass is 243 g/mol. The van der Waals surface area contributed by atoms with E-state index in [0.717, 1.165) is 17.5 Å². The van der Waals surface area contributed by atoms with Crippen molar-refractivity contribution in [2.75, 3.05) is 18.1 Å². The van der Waals surface area contributed by atoms with Crippen LogP contribution in [-0.2, 0) is 16.0 Å². The Balaban J connectivity index is 2.04. The third-order valence-corrected chi connectivity index (χ3v) is 2.65. The SMILES string of the molecule is O=C(O)CSCC(=O)NCCc1cnc[nH]1. The van der Waals surface area contributed by atoms with Gasteiger partial charge in [0.15, 0.2) is 0 Å². The molecule has 0 aliphatic rings. The van der Waals surface area contributed by atoms with E-state index < -0.39 is 5.97 Å². The topological polar surface area (TPSA) is 95.1 Å². The van der Waals surface area contributed by atoms with E-state index in [0.29, 0.717) is 13.0 Å². The van der Waals surface area contributed by atoms with Crippen molar-refractivity contribution in [3.05, 3.63) is 18.2 Å². The predicted octanol–water partition coefficient (Wildman–Crippen LogP) is -0.114. The maximum Gasteiger partial charge on any atom is 0.313 e. The molecule has 0 unspecified atom stereocenters. The minimum Gasteiger partial charge on any atom is -0.481 e. The van der Waals surface area contributed by atoms with Crippen molar-refractivity contribution in [3.63, 3.8) is 0 Å².